The molecule has 3 N–H and O–H groups in total. The number of fused-ring (bicyclic) bond motifs is 1. The van der Waals surface area contributed by atoms with Crippen molar-refractivity contribution in [2.45, 2.75) is 76.9 Å². The van der Waals surface area contributed by atoms with Gasteiger partial charge in [0.25, 0.3) is 0 Å². The molecule has 4 fully saturated rings. The molecule has 5 aliphatic rings. The Kier molecular flexibility index (Phi) is 6.67. The summed E-state index contributed by atoms with van der Waals surface area (Å²) in [6.07, 6.45) is 6.76. The Bertz CT molecular complexity index is 1330. The van der Waals surface area contributed by atoms with Gasteiger partial charge in [0, 0.05) is 24.6 Å². The van der Waals surface area contributed by atoms with Crippen LogP contribution < -0.4 is 10.6 Å². The fourth-order valence-electron chi connectivity index (χ4n) is 8.78. The summed E-state index contributed by atoms with van der Waals surface area (Å²) in [5, 5.41) is 10.3. The predicted octanol–water partition coefficient (Wildman–Crippen LogP) is 4.67. The van der Waals surface area contributed by atoms with Crippen LogP contribution in [0.1, 0.15) is 74.2 Å². The fraction of sp³-hybridized carbons (Fsp3) is 0.500. The molecule has 8 nitrogen and oxygen atoms in total. The SMILES string of the molecule is CC(=O)N1[C@H](CC23CC4CC(CC(C4)C2)C3)C(=O)N(Cc2cccc(N)c2)c2ccccc2C(=O)C[C@H]1C(=O)O. The molecule has 1 aliphatic heterocycles. The summed E-state index contributed by atoms with van der Waals surface area (Å²) in [5.74, 6) is -0.637. The van der Waals surface area contributed by atoms with Crippen molar-refractivity contribution in [3.05, 3.63) is 59.7 Å². The number of carboxylic acids is 1. The third-order valence-corrected chi connectivity index (χ3v) is 9.83. The molecule has 4 aliphatic carbocycles. The summed E-state index contributed by atoms with van der Waals surface area (Å²) in [5.41, 5.74) is 8.01. The van der Waals surface area contributed by atoms with Crippen molar-refractivity contribution in [1.82, 2.24) is 4.90 Å². The van der Waals surface area contributed by atoms with E-state index in [0.717, 1.165) is 24.8 Å². The largest absolute Gasteiger partial charge is 0.480 e. The zero-order valence-corrected chi connectivity index (χ0v) is 22.9. The number of hydrogen-bond acceptors (Lipinski definition) is 5. The molecule has 0 saturated heterocycles. The van der Waals surface area contributed by atoms with Gasteiger partial charge in [-0.1, -0.05) is 24.3 Å². The number of carbonyl (C=O) groups excluding carboxylic acids is 3. The van der Waals surface area contributed by atoms with Crippen LogP contribution in [0.15, 0.2) is 48.5 Å². The van der Waals surface area contributed by atoms with Crippen LogP contribution in [0.5, 0.6) is 0 Å². The monoisotopic (exact) mass is 543 g/mol. The van der Waals surface area contributed by atoms with Crippen LogP contribution in [-0.2, 0) is 20.9 Å². The number of nitrogens with zero attached hydrogens (tertiary/aromatic N) is 2. The second-order valence-corrected chi connectivity index (χ2v) is 12.7. The third-order valence-electron chi connectivity index (χ3n) is 9.83. The van der Waals surface area contributed by atoms with E-state index in [1.807, 2.05) is 12.1 Å². The molecule has 0 unspecified atom stereocenters. The van der Waals surface area contributed by atoms with E-state index in [-0.39, 0.29) is 29.9 Å². The topological polar surface area (TPSA) is 121 Å². The number of hydrogen-bond donors (Lipinski definition) is 2. The summed E-state index contributed by atoms with van der Waals surface area (Å²) >= 11 is 0. The van der Waals surface area contributed by atoms with Gasteiger partial charge in [0.05, 0.1) is 12.2 Å². The van der Waals surface area contributed by atoms with Crippen molar-refractivity contribution in [3.63, 3.8) is 0 Å². The summed E-state index contributed by atoms with van der Waals surface area (Å²) in [6.45, 7) is 1.46. The number of Topliss-reactive ketones (excluding diaryl/α,β-unsaturated/α-hetero) is 1. The lowest BCUT2D eigenvalue weighted by atomic mass is 9.48. The second-order valence-electron chi connectivity index (χ2n) is 12.7. The number of aliphatic carboxylic acids is 1. The van der Waals surface area contributed by atoms with Gasteiger partial charge in [-0.05, 0) is 97.9 Å². The van der Waals surface area contributed by atoms with E-state index in [0.29, 0.717) is 35.5 Å². The van der Waals surface area contributed by atoms with Crippen LogP contribution in [0.3, 0.4) is 0 Å². The highest BCUT2D eigenvalue weighted by atomic mass is 16.4. The molecule has 0 spiro atoms. The van der Waals surface area contributed by atoms with Crippen molar-refractivity contribution in [2.75, 3.05) is 10.6 Å². The minimum Gasteiger partial charge on any atom is -0.480 e. The zero-order valence-electron chi connectivity index (χ0n) is 22.9. The van der Waals surface area contributed by atoms with Crippen molar-refractivity contribution >= 4 is 34.9 Å². The molecule has 4 saturated carbocycles. The molecule has 2 amide bonds. The molecule has 0 aromatic heterocycles. The van der Waals surface area contributed by atoms with Crippen LogP contribution in [0, 0.1) is 23.2 Å². The van der Waals surface area contributed by atoms with E-state index in [1.165, 1.54) is 31.1 Å². The zero-order chi connectivity index (χ0) is 28.2. The van der Waals surface area contributed by atoms with Crippen molar-refractivity contribution < 1.29 is 24.3 Å². The van der Waals surface area contributed by atoms with Crippen LogP contribution in [0.25, 0.3) is 0 Å². The second kappa shape index (κ2) is 10.1. The number of ketones is 1. The fourth-order valence-corrected chi connectivity index (χ4v) is 8.78. The lowest BCUT2D eigenvalue weighted by Crippen LogP contribution is -2.59. The highest BCUT2D eigenvalue weighted by Crippen LogP contribution is 2.62. The maximum Gasteiger partial charge on any atom is 0.326 e. The molecule has 1 heterocycles. The van der Waals surface area contributed by atoms with E-state index in [4.69, 9.17) is 5.73 Å². The lowest BCUT2D eigenvalue weighted by molar-refractivity contribution is -0.156. The van der Waals surface area contributed by atoms with Gasteiger partial charge in [-0.2, -0.15) is 0 Å². The standard InChI is InChI=1S/C32H37N3O5/c1-19(36)35-27(31(39)40)13-29(37)25-7-2-3-8-26(25)34(18-20-5-4-6-24(33)12-20)30(38)28(35)17-32-14-21-9-22(15-32)11-23(10-21)16-32/h2-8,12,21-23,27-28H,9-11,13-18,33H2,1H3,(H,39,40)/t21?,22?,23?,27-,28+,32?/m0/s1. The quantitative estimate of drug-likeness (QED) is 0.529. The van der Waals surface area contributed by atoms with Crippen LogP contribution in [0.2, 0.25) is 0 Å². The van der Waals surface area contributed by atoms with Gasteiger partial charge in [0.2, 0.25) is 11.8 Å². The molecule has 0 radical (unpaired) electrons. The Labute approximate surface area is 234 Å². The van der Waals surface area contributed by atoms with Crippen molar-refractivity contribution in [1.29, 1.82) is 0 Å². The molecule has 210 valence electrons. The number of amides is 2. The number of benzene rings is 2. The van der Waals surface area contributed by atoms with Gasteiger partial charge in [0.1, 0.15) is 12.1 Å². The molecule has 2 aromatic carbocycles. The molecule has 40 heavy (non-hydrogen) atoms. The average molecular weight is 544 g/mol. The summed E-state index contributed by atoms with van der Waals surface area (Å²) in [7, 11) is 0. The third kappa shape index (κ3) is 4.78. The first kappa shape index (κ1) is 26.5. The first-order valence-corrected chi connectivity index (χ1v) is 14.4. The first-order valence-electron chi connectivity index (χ1n) is 14.4. The maximum atomic E-state index is 14.8. The number of anilines is 2. The van der Waals surface area contributed by atoms with Gasteiger partial charge in [0.15, 0.2) is 5.78 Å². The average Bonchev–Trinajstić information content (AvgIpc) is 2.92. The van der Waals surface area contributed by atoms with Gasteiger partial charge >= 0.3 is 5.97 Å². The molecule has 8 heteroatoms. The summed E-state index contributed by atoms with van der Waals surface area (Å²) in [6, 6.07) is 11.7. The van der Waals surface area contributed by atoms with Gasteiger partial charge < -0.3 is 20.6 Å². The number of rotatable bonds is 5. The van der Waals surface area contributed by atoms with Crippen LogP contribution >= 0.6 is 0 Å². The highest BCUT2D eigenvalue weighted by Gasteiger charge is 2.54. The van der Waals surface area contributed by atoms with Gasteiger partial charge in [-0.25, -0.2) is 4.79 Å². The number of nitrogens with two attached hydrogens (primary N) is 1. The van der Waals surface area contributed by atoms with Crippen LogP contribution in [-0.4, -0.2) is 45.7 Å². The molecular weight excluding hydrogens is 506 g/mol. The maximum absolute atomic E-state index is 14.8. The van der Waals surface area contributed by atoms with E-state index in [1.54, 1.807) is 41.3 Å². The van der Waals surface area contributed by atoms with E-state index < -0.39 is 29.7 Å². The first-order chi connectivity index (χ1) is 19.1. The Morgan fingerprint density at radius 1 is 0.975 bits per heavy atom. The minimum atomic E-state index is -1.42. The Morgan fingerprint density at radius 2 is 1.62 bits per heavy atom. The number of carbonyl (C=O) groups is 4. The predicted molar refractivity (Wildman–Crippen MR) is 150 cm³/mol. The number of nitrogen functional groups attached to an aromatic ring is 1. The Hall–Kier alpha value is -3.68. The molecule has 4 bridgehead atoms. The number of carboxylic acid groups (broad SMARTS) is 1. The summed E-state index contributed by atoms with van der Waals surface area (Å²) in [4.78, 5) is 57.2. The van der Waals surface area contributed by atoms with E-state index in [2.05, 4.69) is 0 Å². The molecule has 2 atom stereocenters. The molecule has 7 rings (SSSR count). The lowest BCUT2D eigenvalue weighted by Gasteiger charge is -2.58. The van der Waals surface area contributed by atoms with Gasteiger partial charge in [-0.15, -0.1) is 0 Å². The van der Waals surface area contributed by atoms with Crippen molar-refractivity contribution in [3.8, 4) is 0 Å². The van der Waals surface area contributed by atoms with E-state index >= 15 is 0 Å². The minimum absolute atomic E-state index is 0.105. The molecule has 2 aromatic rings. The van der Waals surface area contributed by atoms with Crippen molar-refractivity contribution in [2.24, 2.45) is 23.2 Å². The number of para-hydroxylation sites is 1. The normalized spacial score (nSPS) is 31.4. The Morgan fingerprint density at radius 3 is 2.23 bits per heavy atom. The highest BCUT2D eigenvalue weighted by molar-refractivity contribution is 6.10. The Balaban J connectivity index is 1.48. The summed E-state index contributed by atoms with van der Waals surface area (Å²) < 4.78 is 0. The van der Waals surface area contributed by atoms with Crippen LogP contribution in [0.4, 0.5) is 11.4 Å². The smallest absolute Gasteiger partial charge is 0.326 e. The van der Waals surface area contributed by atoms with Gasteiger partial charge in [-0.3, -0.25) is 14.4 Å². The molecular formula is C32H37N3O5. The van der Waals surface area contributed by atoms with E-state index in [9.17, 15) is 24.3 Å².